The number of nitrogens with one attached hydrogen (secondary N) is 1. The highest BCUT2D eigenvalue weighted by Gasteiger charge is 2.19. The van der Waals surface area contributed by atoms with Crippen molar-refractivity contribution in [2.75, 3.05) is 11.6 Å². The zero-order chi connectivity index (χ0) is 19.6. The van der Waals surface area contributed by atoms with Crippen molar-refractivity contribution < 1.29 is 18.4 Å². The molecule has 1 heterocycles. The van der Waals surface area contributed by atoms with Crippen LogP contribution >= 0.6 is 11.8 Å². The van der Waals surface area contributed by atoms with Crippen LogP contribution in [-0.4, -0.2) is 27.6 Å². The first-order valence-corrected chi connectivity index (χ1v) is 8.91. The van der Waals surface area contributed by atoms with Crippen LogP contribution in [0.25, 0.3) is 5.69 Å². The Kier molecular flexibility index (Phi) is 5.22. The van der Waals surface area contributed by atoms with E-state index < -0.39 is 23.4 Å². The molecular formula is C18H14F2N4O2S. The summed E-state index contributed by atoms with van der Waals surface area (Å²) in [6, 6.07) is 9.12. The second kappa shape index (κ2) is 7.58. The molecule has 0 aliphatic heterocycles. The van der Waals surface area contributed by atoms with E-state index in [-0.39, 0.29) is 16.9 Å². The summed E-state index contributed by atoms with van der Waals surface area (Å²) in [4.78, 5) is 28.2. The van der Waals surface area contributed by atoms with Crippen LogP contribution in [0.1, 0.15) is 20.8 Å². The zero-order valence-electron chi connectivity index (χ0n) is 14.1. The van der Waals surface area contributed by atoms with Crippen LogP contribution in [0.4, 0.5) is 14.5 Å². The molecule has 1 aromatic heterocycles. The van der Waals surface area contributed by atoms with Crippen LogP contribution in [0, 0.1) is 11.6 Å². The van der Waals surface area contributed by atoms with Crippen LogP contribution in [0.3, 0.4) is 0 Å². The average Bonchev–Trinajstić information content (AvgIpc) is 3.08. The van der Waals surface area contributed by atoms with Crippen molar-refractivity contribution in [2.24, 2.45) is 5.73 Å². The lowest BCUT2D eigenvalue weighted by Gasteiger charge is -2.12. The maximum Gasteiger partial charge on any atom is 0.274 e. The molecule has 9 heteroatoms. The van der Waals surface area contributed by atoms with Crippen LogP contribution in [0.15, 0.2) is 53.8 Å². The summed E-state index contributed by atoms with van der Waals surface area (Å²) in [6.45, 7) is 0. The van der Waals surface area contributed by atoms with Crippen LogP contribution in [0.2, 0.25) is 0 Å². The van der Waals surface area contributed by atoms with Gasteiger partial charge in [0.1, 0.15) is 17.3 Å². The predicted octanol–water partition coefficient (Wildman–Crippen LogP) is 3.22. The number of aromatic nitrogens is 2. The van der Waals surface area contributed by atoms with E-state index in [1.165, 1.54) is 48.3 Å². The van der Waals surface area contributed by atoms with E-state index in [1.807, 2.05) is 0 Å². The summed E-state index contributed by atoms with van der Waals surface area (Å²) >= 11 is 1.31. The normalized spacial score (nSPS) is 10.6. The quantitative estimate of drug-likeness (QED) is 0.657. The molecule has 0 spiro atoms. The van der Waals surface area contributed by atoms with Gasteiger partial charge in [0.05, 0.1) is 11.8 Å². The molecule has 0 bridgehead atoms. The summed E-state index contributed by atoms with van der Waals surface area (Å²) in [6.07, 6.45) is 3.17. The minimum atomic E-state index is -0.940. The highest BCUT2D eigenvalue weighted by Crippen LogP contribution is 2.23. The molecule has 0 unspecified atom stereocenters. The van der Waals surface area contributed by atoms with Crippen molar-refractivity contribution in [1.82, 2.24) is 9.55 Å². The summed E-state index contributed by atoms with van der Waals surface area (Å²) in [5.41, 5.74) is 5.74. The number of primary amides is 1. The molecule has 3 aromatic rings. The number of rotatable bonds is 5. The monoisotopic (exact) mass is 388 g/mol. The third kappa shape index (κ3) is 3.82. The molecule has 0 atom stereocenters. The summed E-state index contributed by atoms with van der Waals surface area (Å²) in [5.74, 6) is -2.65. The van der Waals surface area contributed by atoms with Gasteiger partial charge in [0, 0.05) is 11.4 Å². The summed E-state index contributed by atoms with van der Waals surface area (Å²) in [5, 5.41) is 3.11. The van der Waals surface area contributed by atoms with Crippen LogP contribution in [-0.2, 0) is 0 Å². The van der Waals surface area contributed by atoms with Gasteiger partial charge in [-0.2, -0.15) is 0 Å². The van der Waals surface area contributed by atoms with Gasteiger partial charge in [-0.1, -0.05) is 11.8 Å². The number of nitrogens with zero attached hydrogens (tertiary/aromatic N) is 2. The fourth-order valence-corrected chi connectivity index (χ4v) is 3.01. The zero-order valence-corrected chi connectivity index (χ0v) is 14.9. The standard InChI is InChI=1S/C18H14F2N4O2S/c1-27-18-22-9-15(24(18)12-5-2-10(19)3-6-12)17(26)23-11-4-7-14(20)13(8-11)16(21)25/h2-9H,1H3,(H2,21,25)(H,23,26). The molecule has 3 N–H and O–H groups in total. The number of carbonyl (C=O) groups is 2. The number of carbonyl (C=O) groups excluding carboxylic acids is 2. The molecule has 0 radical (unpaired) electrons. The smallest absolute Gasteiger partial charge is 0.274 e. The van der Waals surface area contributed by atoms with E-state index in [1.54, 1.807) is 10.8 Å². The van der Waals surface area contributed by atoms with Crippen molar-refractivity contribution in [3.8, 4) is 5.69 Å². The van der Waals surface area contributed by atoms with Gasteiger partial charge < -0.3 is 11.1 Å². The Balaban J connectivity index is 1.96. The second-order valence-corrected chi connectivity index (χ2v) is 6.23. The highest BCUT2D eigenvalue weighted by molar-refractivity contribution is 7.98. The molecule has 27 heavy (non-hydrogen) atoms. The van der Waals surface area contributed by atoms with Crippen molar-refractivity contribution >= 4 is 29.3 Å². The Hall–Kier alpha value is -3.20. The first-order chi connectivity index (χ1) is 12.9. The van der Waals surface area contributed by atoms with Crippen molar-refractivity contribution in [1.29, 1.82) is 0 Å². The second-order valence-electron chi connectivity index (χ2n) is 5.45. The SMILES string of the molecule is CSc1ncc(C(=O)Nc2ccc(F)c(C(N)=O)c2)n1-c1ccc(F)cc1. The number of thioether (sulfide) groups is 1. The predicted molar refractivity (Wildman–Crippen MR) is 98.2 cm³/mol. The van der Waals surface area contributed by atoms with Gasteiger partial charge in [0.2, 0.25) is 0 Å². The van der Waals surface area contributed by atoms with E-state index in [0.29, 0.717) is 10.8 Å². The fourth-order valence-electron chi connectivity index (χ4n) is 2.47. The van der Waals surface area contributed by atoms with Gasteiger partial charge in [-0.25, -0.2) is 13.8 Å². The lowest BCUT2D eigenvalue weighted by molar-refractivity contribution is 0.0991. The van der Waals surface area contributed by atoms with Gasteiger partial charge in [-0.3, -0.25) is 14.2 Å². The van der Waals surface area contributed by atoms with E-state index in [4.69, 9.17) is 5.73 Å². The van der Waals surface area contributed by atoms with E-state index in [0.717, 1.165) is 12.1 Å². The minimum absolute atomic E-state index is 0.191. The molecule has 0 saturated carbocycles. The number of hydrogen-bond acceptors (Lipinski definition) is 4. The lowest BCUT2D eigenvalue weighted by atomic mass is 10.1. The van der Waals surface area contributed by atoms with E-state index >= 15 is 0 Å². The molecule has 138 valence electrons. The molecule has 0 fully saturated rings. The van der Waals surface area contributed by atoms with E-state index in [9.17, 15) is 18.4 Å². The molecular weight excluding hydrogens is 374 g/mol. The Morgan fingerprint density at radius 3 is 2.48 bits per heavy atom. The number of benzene rings is 2. The number of hydrogen-bond donors (Lipinski definition) is 2. The molecule has 3 rings (SSSR count). The Morgan fingerprint density at radius 1 is 1.15 bits per heavy atom. The molecule has 2 aromatic carbocycles. The Bertz CT molecular complexity index is 1020. The molecule has 0 aliphatic carbocycles. The first kappa shape index (κ1) is 18.6. The number of halogens is 2. The molecule has 2 amide bonds. The van der Waals surface area contributed by atoms with Crippen molar-refractivity contribution in [3.63, 3.8) is 0 Å². The Morgan fingerprint density at radius 2 is 1.85 bits per heavy atom. The maximum atomic E-state index is 13.6. The highest BCUT2D eigenvalue weighted by atomic mass is 32.2. The number of nitrogens with two attached hydrogens (primary N) is 1. The number of amides is 2. The summed E-state index contributed by atoms with van der Waals surface area (Å²) in [7, 11) is 0. The van der Waals surface area contributed by atoms with Crippen molar-refractivity contribution in [2.45, 2.75) is 5.16 Å². The Labute approximate surface area is 157 Å². The van der Waals surface area contributed by atoms with Gasteiger partial charge in [0.15, 0.2) is 5.16 Å². The topological polar surface area (TPSA) is 90.0 Å². The van der Waals surface area contributed by atoms with Crippen molar-refractivity contribution in [3.05, 3.63) is 71.6 Å². The third-order valence-electron chi connectivity index (χ3n) is 3.72. The molecule has 0 aliphatic rings. The van der Waals surface area contributed by atoms with Crippen LogP contribution < -0.4 is 11.1 Å². The van der Waals surface area contributed by atoms with Crippen LogP contribution in [0.5, 0.6) is 0 Å². The molecule has 0 saturated heterocycles. The van der Waals surface area contributed by atoms with Gasteiger partial charge >= 0.3 is 0 Å². The average molecular weight is 388 g/mol. The fraction of sp³-hybridized carbons (Fsp3) is 0.0556. The minimum Gasteiger partial charge on any atom is -0.366 e. The number of anilines is 1. The number of imidazole rings is 1. The maximum absolute atomic E-state index is 13.6. The third-order valence-corrected chi connectivity index (χ3v) is 4.37. The summed E-state index contributed by atoms with van der Waals surface area (Å²) < 4.78 is 28.4. The van der Waals surface area contributed by atoms with E-state index in [2.05, 4.69) is 10.3 Å². The van der Waals surface area contributed by atoms with Gasteiger partial charge in [-0.05, 0) is 48.7 Å². The first-order valence-electron chi connectivity index (χ1n) is 7.69. The largest absolute Gasteiger partial charge is 0.366 e. The van der Waals surface area contributed by atoms with Gasteiger partial charge in [-0.15, -0.1) is 0 Å². The lowest BCUT2D eigenvalue weighted by Crippen LogP contribution is -2.18. The molecule has 6 nitrogen and oxygen atoms in total. The van der Waals surface area contributed by atoms with Gasteiger partial charge in [0.25, 0.3) is 11.8 Å².